The van der Waals surface area contributed by atoms with Crippen LogP contribution in [0.2, 0.25) is 0 Å². The maximum absolute atomic E-state index is 5.80. The lowest BCUT2D eigenvalue weighted by molar-refractivity contribution is 0.456. The summed E-state index contributed by atoms with van der Waals surface area (Å²) in [7, 11) is 0. The van der Waals surface area contributed by atoms with Gasteiger partial charge in [0.15, 0.2) is 0 Å². The molecule has 1 aliphatic heterocycles. The Morgan fingerprint density at radius 1 is 1.64 bits per heavy atom. The van der Waals surface area contributed by atoms with Crippen molar-refractivity contribution >= 4 is 17.3 Å². The molecule has 0 aromatic carbocycles. The Hall–Kier alpha value is -0.960. The van der Waals surface area contributed by atoms with Crippen LogP contribution in [0.1, 0.15) is 12.7 Å². The number of halogens is 1. The fourth-order valence-electron chi connectivity index (χ4n) is 1.23. The molecule has 0 saturated heterocycles. The predicted octanol–water partition coefficient (Wildman–Crippen LogP) is 1.67. The van der Waals surface area contributed by atoms with Crippen molar-refractivity contribution in [1.29, 1.82) is 0 Å². The van der Waals surface area contributed by atoms with Crippen molar-refractivity contribution < 1.29 is 0 Å². The van der Waals surface area contributed by atoms with E-state index in [2.05, 4.69) is 4.98 Å². The van der Waals surface area contributed by atoms with Gasteiger partial charge in [-0.1, -0.05) is 0 Å². The van der Waals surface area contributed by atoms with Crippen molar-refractivity contribution in [2.24, 2.45) is 0 Å². The minimum atomic E-state index is 0.675. The first-order valence-corrected chi connectivity index (χ1v) is 3.73. The molecule has 0 atom stereocenters. The zero-order valence-corrected chi connectivity index (χ0v) is 6.91. The lowest BCUT2D eigenvalue weighted by Crippen LogP contribution is -2.17. The van der Waals surface area contributed by atoms with Crippen molar-refractivity contribution in [2.75, 3.05) is 0 Å². The molecule has 2 heterocycles. The first-order chi connectivity index (χ1) is 5.27. The Labute approximate surface area is 70.0 Å². The SMILES string of the molecule is CC1=CN(Cl)Cn2ccnc21. The topological polar surface area (TPSA) is 21.1 Å². The predicted molar refractivity (Wildman–Crippen MR) is 43.6 cm³/mol. The van der Waals surface area contributed by atoms with E-state index >= 15 is 0 Å². The van der Waals surface area contributed by atoms with Gasteiger partial charge in [0.05, 0.1) is 0 Å². The Morgan fingerprint density at radius 3 is 3.27 bits per heavy atom. The van der Waals surface area contributed by atoms with Crippen LogP contribution >= 0.6 is 11.8 Å². The normalized spacial score (nSPS) is 16.2. The highest BCUT2D eigenvalue weighted by molar-refractivity contribution is 6.14. The van der Waals surface area contributed by atoms with E-state index in [-0.39, 0.29) is 0 Å². The molecule has 0 saturated carbocycles. The van der Waals surface area contributed by atoms with Gasteiger partial charge in [-0.15, -0.1) is 0 Å². The first-order valence-electron chi connectivity index (χ1n) is 3.40. The smallest absolute Gasteiger partial charge is 0.138 e. The van der Waals surface area contributed by atoms with Crippen LogP contribution < -0.4 is 0 Å². The standard InChI is InChI=1S/C7H8ClN3/c1-6-4-11(8)5-10-3-2-9-7(6)10/h2-4H,5H2,1H3. The molecule has 0 bridgehead atoms. The molecular formula is C7H8ClN3. The second-order valence-electron chi connectivity index (χ2n) is 2.57. The number of rotatable bonds is 0. The Bertz CT molecular complexity index is 302. The molecular weight excluding hydrogens is 162 g/mol. The van der Waals surface area contributed by atoms with E-state index in [0.717, 1.165) is 11.4 Å². The van der Waals surface area contributed by atoms with Crippen molar-refractivity contribution in [1.82, 2.24) is 14.0 Å². The molecule has 1 aliphatic rings. The summed E-state index contributed by atoms with van der Waals surface area (Å²) in [5.74, 6) is 1.00. The number of hydrogen-bond acceptors (Lipinski definition) is 2. The maximum atomic E-state index is 5.80. The van der Waals surface area contributed by atoms with Crippen molar-refractivity contribution in [2.45, 2.75) is 13.6 Å². The van der Waals surface area contributed by atoms with Gasteiger partial charge in [-0.3, -0.25) is 4.42 Å². The second-order valence-corrected chi connectivity index (χ2v) is 3.01. The molecule has 0 N–H and O–H groups in total. The minimum Gasteiger partial charge on any atom is -0.312 e. The third-order valence-electron chi connectivity index (χ3n) is 1.69. The summed E-state index contributed by atoms with van der Waals surface area (Å²) < 4.78 is 3.62. The quantitative estimate of drug-likeness (QED) is 0.551. The minimum absolute atomic E-state index is 0.675. The summed E-state index contributed by atoms with van der Waals surface area (Å²) in [4.78, 5) is 4.18. The molecule has 0 radical (unpaired) electrons. The van der Waals surface area contributed by atoms with E-state index in [1.807, 2.05) is 23.9 Å². The molecule has 0 fully saturated rings. The van der Waals surface area contributed by atoms with Gasteiger partial charge in [0.2, 0.25) is 0 Å². The van der Waals surface area contributed by atoms with Crippen molar-refractivity contribution in [3.63, 3.8) is 0 Å². The highest BCUT2D eigenvalue weighted by Crippen LogP contribution is 2.19. The van der Waals surface area contributed by atoms with Gasteiger partial charge in [0.25, 0.3) is 0 Å². The number of hydrogen-bond donors (Lipinski definition) is 0. The first kappa shape index (κ1) is 6.73. The lowest BCUT2D eigenvalue weighted by atomic mass is 10.3. The third-order valence-corrected chi connectivity index (χ3v) is 1.89. The van der Waals surface area contributed by atoms with Crippen LogP contribution in [0.4, 0.5) is 0 Å². The van der Waals surface area contributed by atoms with Gasteiger partial charge in [-0.25, -0.2) is 4.98 Å². The van der Waals surface area contributed by atoms with E-state index in [9.17, 15) is 0 Å². The summed E-state index contributed by atoms with van der Waals surface area (Å²) in [6, 6.07) is 0. The molecule has 0 spiro atoms. The third kappa shape index (κ3) is 1.01. The molecule has 58 valence electrons. The van der Waals surface area contributed by atoms with Crippen LogP contribution in [-0.4, -0.2) is 14.0 Å². The zero-order valence-electron chi connectivity index (χ0n) is 6.16. The van der Waals surface area contributed by atoms with E-state index in [4.69, 9.17) is 11.8 Å². The van der Waals surface area contributed by atoms with Gasteiger partial charge >= 0.3 is 0 Å². The number of fused-ring (bicyclic) bond motifs is 1. The summed E-state index contributed by atoms with van der Waals surface area (Å²) in [6.45, 7) is 2.67. The molecule has 11 heavy (non-hydrogen) atoms. The highest BCUT2D eigenvalue weighted by Gasteiger charge is 2.12. The van der Waals surface area contributed by atoms with Crippen molar-refractivity contribution in [3.05, 3.63) is 24.4 Å². The molecule has 4 heteroatoms. The number of aromatic nitrogens is 2. The van der Waals surface area contributed by atoms with Crippen LogP contribution in [-0.2, 0) is 6.67 Å². The summed E-state index contributed by atoms with van der Waals surface area (Å²) in [6.07, 6.45) is 5.58. The average Bonchev–Trinajstić information content (AvgIpc) is 2.34. The van der Waals surface area contributed by atoms with Crippen LogP contribution in [0.3, 0.4) is 0 Å². The molecule has 0 unspecified atom stereocenters. The van der Waals surface area contributed by atoms with Crippen LogP contribution in [0.5, 0.6) is 0 Å². The van der Waals surface area contributed by atoms with E-state index in [1.54, 1.807) is 10.6 Å². The molecule has 1 aromatic heterocycles. The van der Waals surface area contributed by atoms with Gasteiger partial charge in [0, 0.05) is 35.9 Å². The zero-order chi connectivity index (χ0) is 7.84. The van der Waals surface area contributed by atoms with E-state index < -0.39 is 0 Å². The molecule has 0 aliphatic carbocycles. The van der Waals surface area contributed by atoms with Gasteiger partial charge < -0.3 is 4.57 Å². The fourth-order valence-corrected chi connectivity index (χ4v) is 1.49. The molecule has 1 aromatic rings. The van der Waals surface area contributed by atoms with E-state index in [1.165, 1.54) is 0 Å². The summed E-state index contributed by atoms with van der Waals surface area (Å²) >= 11 is 5.80. The number of nitrogens with zero attached hydrogens (tertiary/aromatic N) is 3. The van der Waals surface area contributed by atoms with Gasteiger partial charge in [0.1, 0.15) is 12.5 Å². The monoisotopic (exact) mass is 169 g/mol. The van der Waals surface area contributed by atoms with E-state index in [0.29, 0.717) is 6.67 Å². The Kier molecular flexibility index (Phi) is 1.39. The molecule has 0 amide bonds. The average molecular weight is 170 g/mol. The lowest BCUT2D eigenvalue weighted by Gasteiger charge is -2.19. The van der Waals surface area contributed by atoms with Crippen LogP contribution in [0.25, 0.3) is 5.57 Å². The molecule has 3 nitrogen and oxygen atoms in total. The summed E-state index contributed by atoms with van der Waals surface area (Å²) in [5, 5.41) is 0. The largest absolute Gasteiger partial charge is 0.312 e. The summed E-state index contributed by atoms with van der Waals surface area (Å²) in [5.41, 5.74) is 1.09. The van der Waals surface area contributed by atoms with Gasteiger partial charge in [-0.05, 0) is 6.92 Å². The van der Waals surface area contributed by atoms with Crippen molar-refractivity contribution in [3.8, 4) is 0 Å². The second kappa shape index (κ2) is 2.27. The fraction of sp³-hybridized carbons (Fsp3) is 0.286. The Balaban J connectivity index is 2.50. The Morgan fingerprint density at radius 2 is 2.45 bits per heavy atom. The van der Waals surface area contributed by atoms with Crippen LogP contribution in [0.15, 0.2) is 18.6 Å². The van der Waals surface area contributed by atoms with Crippen LogP contribution in [0, 0.1) is 0 Å². The number of allylic oxidation sites excluding steroid dienone is 1. The maximum Gasteiger partial charge on any atom is 0.138 e. The number of imidazole rings is 1. The molecule has 2 rings (SSSR count). The van der Waals surface area contributed by atoms with Gasteiger partial charge in [-0.2, -0.15) is 0 Å². The highest BCUT2D eigenvalue weighted by atomic mass is 35.5.